The molecule has 1 saturated carbocycles. The van der Waals surface area contributed by atoms with E-state index in [1.54, 1.807) is 6.07 Å². The van der Waals surface area contributed by atoms with Crippen LogP contribution in [0.4, 0.5) is 11.8 Å². The summed E-state index contributed by atoms with van der Waals surface area (Å²) >= 11 is 0. The van der Waals surface area contributed by atoms with Crippen molar-refractivity contribution in [3.8, 4) is 17.0 Å². The fourth-order valence-corrected chi connectivity index (χ4v) is 3.60. The van der Waals surface area contributed by atoms with Gasteiger partial charge in [-0.1, -0.05) is 6.42 Å². The van der Waals surface area contributed by atoms with Crippen LogP contribution < -0.4 is 16.4 Å². The highest BCUT2D eigenvalue weighted by molar-refractivity contribution is 5.66. The number of nitrogens with zero attached hydrogens (tertiary/aromatic N) is 2. The highest BCUT2D eigenvalue weighted by Crippen LogP contribution is 2.29. The summed E-state index contributed by atoms with van der Waals surface area (Å²) in [5.74, 6) is 1.27. The van der Waals surface area contributed by atoms with E-state index in [9.17, 15) is 5.11 Å². The second-order valence-corrected chi connectivity index (χ2v) is 7.49. The van der Waals surface area contributed by atoms with Crippen LogP contribution in [0.3, 0.4) is 0 Å². The fraction of sp³-hybridized carbons (Fsp3) is 0.500. The third-order valence-corrected chi connectivity index (χ3v) is 5.14. The van der Waals surface area contributed by atoms with E-state index in [1.807, 2.05) is 12.1 Å². The Bertz CT molecular complexity index is 769. The van der Waals surface area contributed by atoms with Crippen LogP contribution in [0.25, 0.3) is 11.3 Å². The van der Waals surface area contributed by atoms with E-state index < -0.39 is 0 Å². The fourth-order valence-electron chi connectivity index (χ4n) is 3.60. The first kappa shape index (κ1) is 17.1. The predicted molar refractivity (Wildman–Crippen MR) is 104 cm³/mol. The molecule has 1 aromatic carbocycles. The first-order valence-corrected chi connectivity index (χ1v) is 9.63. The Kier molecular flexibility index (Phi) is 4.93. The molecule has 4 rings (SSSR count). The number of aromatic hydroxyl groups is 1. The minimum absolute atomic E-state index is 0.252. The van der Waals surface area contributed by atoms with Crippen molar-refractivity contribution in [2.75, 3.05) is 17.6 Å². The Labute approximate surface area is 154 Å². The minimum Gasteiger partial charge on any atom is -0.508 e. The Morgan fingerprint density at radius 2 is 2.00 bits per heavy atom. The summed E-state index contributed by atoms with van der Waals surface area (Å²) in [6.07, 6.45) is 8.19. The monoisotopic (exact) mass is 353 g/mol. The molecule has 0 unspecified atom stereocenters. The summed E-state index contributed by atoms with van der Waals surface area (Å²) in [6, 6.07) is 8.69. The summed E-state index contributed by atoms with van der Waals surface area (Å²) in [5, 5.41) is 17.1. The molecule has 1 atom stereocenters. The van der Waals surface area contributed by atoms with E-state index in [-0.39, 0.29) is 11.7 Å². The number of anilines is 2. The molecule has 138 valence electrons. The number of hydrogen-bond donors (Lipinski definition) is 4. The van der Waals surface area contributed by atoms with Crippen molar-refractivity contribution < 1.29 is 5.11 Å². The molecule has 6 heteroatoms. The minimum atomic E-state index is 0.252. The van der Waals surface area contributed by atoms with Crippen molar-refractivity contribution >= 4 is 11.8 Å². The zero-order valence-electron chi connectivity index (χ0n) is 15.0. The standard InChI is InChI=1S/C20H27N5O/c21-20-24-18(12-19(25-20)23-16-6-7-16)14-9-13(10-17(26)11-14)4-5-15-3-1-2-8-22-15/h9-12,15-16,22,26H,1-8H2,(H3,21,23,24,25)/t15-/m0/s1. The molecule has 2 heterocycles. The molecular formula is C20H27N5O. The lowest BCUT2D eigenvalue weighted by atomic mass is 9.96. The number of phenols is 1. The second kappa shape index (κ2) is 7.50. The maximum atomic E-state index is 10.2. The lowest BCUT2D eigenvalue weighted by molar-refractivity contribution is 0.382. The van der Waals surface area contributed by atoms with E-state index in [1.165, 1.54) is 32.1 Å². The Morgan fingerprint density at radius 1 is 1.12 bits per heavy atom. The molecule has 2 aromatic rings. The van der Waals surface area contributed by atoms with Gasteiger partial charge in [-0.2, -0.15) is 4.98 Å². The first-order valence-electron chi connectivity index (χ1n) is 9.63. The molecule has 1 saturated heterocycles. The Balaban J connectivity index is 1.52. The second-order valence-electron chi connectivity index (χ2n) is 7.49. The van der Waals surface area contributed by atoms with E-state index in [2.05, 4.69) is 26.7 Å². The van der Waals surface area contributed by atoms with Gasteiger partial charge in [0.1, 0.15) is 11.6 Å². The van der Waals surface area contributed by atoms with Crippen LogP contribution in [0.15, 0.2) is 24.3 Å². The van der Waals surface area contributed by atoms with Crippen LogP contribution >= 0.6 is 0 Å². The summed E-state index contributed by atoms with van der Waals surface area (Å²) in [6.45, 7) is 1.12. The quantitative estimate of drug-likeness (QED) is 0.637. The maximum Gasteiger partial charge on any atom is 0.222 e. The zero-order chi connectivity index (χ0) is 17.9. The van der Waals surface area contributed by atoms with Gasteiger partial charge in [-0.15, -0.1) is 0 Å². The van der Waals surface area contributed by atoms with Gasteiger partial charge in [-0.25, -0.2) is 4.98 Å². The highest BCUT2D eigenvalue weighted by atomic mass is 16.3. The number of piperidine rings is 1. The molecule has 0 spiro atoms. The van der Waals surface area contributed by atoms with Gasteiger partial charge in [-0.3, -0.25) is 0 Å². The molecule has 2 aliphatic rings. The van der Waals surface area contributed by atoms with E-state index in [4.69, 9.17) is 5.73 Å². The average molecular weight is 353 g/mol. The van der Waals surface area contributed by atoms with Crippen LogP contribution in [0.2, 0.25) is 0 Å². The lowest BCUT2D eigenvalue weighted by Crippen LogP contribution is -2.34. The number of nitrogen functional groups attached to an aromatic ring is 1. The van der Waals surface area contributed by atoms with Crippen molar-refractivity contribution in [3.63, 3.8) is 0 Å². The number of nitrogens with one attached hydrogen (secondary N) is 2. The van der Waals surface area contributed by atoms with Crippen LogP contribution in [-0.4, -0.2) is 33.7 Å². The molecule has 1 aromatic heterocycles. The Hall–Kier alpha value is -2.34. The van der Waals surface area contributed by atoms with Gasteiger partial charge in [0, 0.05) is 23.7 Å². The summed E-state index contributed by atoms with van der Waals surface area (Å²) < 4.78 is 0. The molecule has 26 heavy (non-hydrogen) atoms. The number of aryl methyl sites for hydroxylation is 1. The summed E-state index contributed by atoms with van der Waals surface area (Å²) in [5.41, 5.74) is 8.64. The summed E-state index contributed by atoms with van der Waals surface area (Å²) in [7, 11) is 0. The number of nitrogens with two attached hydrogens (primary N) is 1. The highest BCUT2D eigenvalue weighted by Gasteiger charge is 2.22. The summed E-state index contributed by atoms with van der Waals surface area (Å²) in [4.78, 5) is 8.63. The smallest absolute Gasteiger partial charge is 0.222 e. The number of rotatable bonds is 6. The molecule has 6 nitrogen and oxygen atoms in total. The van der Waals surface area contributed by atoms with Crippen molar-refractivity contribution in [2.45, 2.75) is 57.0 Å². The molecule has 0 amide bonds. The molecular weight excluding hydrogens is 326 g/mol. The number of benzene rings is 1. The molecule has 1 aliphatic carbocycles. The van der Waals surface area contributed by atoms with Gasteiger partial charge in [0.2, 0.25) is 5.95 Å². The maximum absolute atomic E-state index is 10.2. The zero-order valence-corrected chi connectivity index (χ0v) is 15.0. The van der Waals surface area contributed by atoms with E-state index in [0.717, 1.165) is 42.0 Å². The van der Waals surface area contributed by atoms with Crippen LogP contribution in [0, 0.1) is 0 Å². The molecule has 2 fully saturated rings. The topological polar surface area (TPSA) is 96.1 Å². The van der Waals surface area contributed by atoms with Crippen LogP contribution in [0.1, 0.15) is 44.1 Å². The Morgan fingerprint density at radius 3 is 2.77 bits per heavy atom. The average Bonchev–Trinajstić information content (AvgIpc) is 3.44. The van der Waals surface area contributed by atoms with Crippen molar-refractivity contribution in [2.24, 2.45) is 0 Å². The van der Waals surface area contributed by atoms with Gasteiger partial charge in [-0.05, 0) is 68.8 Å². The normalized spacial score (nSPS) is 20.1. The number of aromatic nitrogens is 2. The van der Waals surface area contributed by atoms with Crippen LogP contribution in [-0.2, 0) is 6.42 Å². The van der Waals surface area contributed by atoms with Crippen LogP contribution in [0.5, 0.6) is 5.75 Å². The third-order valence-electron chi connectivity index (χ3n) is 5.14. The van der Waals surface area contributed by atoms with Gasteiger partial charge in [0.25, 0.3) is 0 Å². The number of hydrogen-bond acceptors (Lipinski definition) is 6. The van der Waals surface area contributed by atoms with E-state index >= 15 is 0 Å². The van der Waals surface area contributed by atoms with E-state index in [0.29, 0.717) is 12.1 Å². The van der Waals surface area contributed by atoms with Crippen molar-refractivity contribution in [1.29, 1.82) is 0 Å². The first-order chi connectivity index (χ1) is 12.7. The van der Waals surface area contributed by atoms with Gasteiger partial charge < -0.3 is 21.5 Å². The van der Waals surface area contributed by atoms with Crippen molar-refractivity contribution in [3.05, 3.63) is 29.8 Å². The predicted octanol–water partition coefficient (Wildman–Crippen LogP) is 3.08. The van der Waals surface area contributed by atoms with Crippen molar-refractivity contribution in [1.82, 2.24) is 15.3 Å². The molecule has 0 radical (unpaired) electrons. The van der Waals surface area contributed by atoms with Gasteiger partial charge in [0.15, 0.2) is 0 Å². The van der Waals surface area contributed by atoms with Gasteiger partial charge >= 0.3 is 0 Å². The SMILES string of the molecule is Nc1nc(NC2CC2)cc(-c2cc(O)cc(CC[C@@H]3CCCCN3)c2)n1. The molecule has 5 N–H and O–H groups in total. The third kappa shape index (κ3) is 4.43. The largest absolute Gasteiger partial charge is 0.508 e. The number of phenolic OH excluding ortho intramolecular Hbond substituents is 1. The molecule has 1 aliphatic heterocycles. The van der Waals surface area contributed by atoms with Gasteiger partial charge in [0.05, 0.1) is 5.69 Å². The molecule has 0 bridgehead atoms. The lowest BCUT2D eigenvalue weighted by Gasteiger charge is -2.23.